The van der Waals surface area contributed by atoms with Gasteiger partial charge in [0.15, 0.2) is 0 Å². The Kier molecular flexibility index (Phi) is 3.88. The summed E-state index contributed by atoms with van der Waals surface area (Å²) >= 11 is 0. The average molecular weight is 209 g/mol. The molecule has 0 saturated heterocycles. The Morgan fingerprint density at radius 2 is 2.33 bits per heavy atom. The van der Waals surface area contributed by atoms with Gasteiger partial charge in [0.05, 0.1) is 11.8 Å². The summed E-state index contributed by atoms with van der Waals surface area (Å²) in [5, 5.41) is 6.64. The van der Waals surface area contributed by atoms with E-state index in [-0.39, 0.29) is 11.9 Å². The van der Waals surface area contributed by atoms with Crippen molar-refractivity contribution in [1.29, 1.82) is 0 Å². The SMILES string of the molecule is CCCC(C)N(C)C(=O)c1cn[nH]c1C. The second-order valence-corrected chi connectivity index (χ2v) is 3.96. The third kappa shape index (κ3) is 2.58. The van der Waals surface area contributed by atoms with Crippen molar-refractivity contribution in [2.75, 3.05) is 7.05 Å². The Labute approximate surface area is 90.7 Å². The van der Waals surface area contributed by atoms with Crippen molar-refractivity contribution in [1.82, 2.24) is 15.1 Å². The minimum atomic E-state index is 0.0437. The molecule has 0 aliphatic carbocycles. The predicted octanol–water partition coefficient (Wildman–Crippen LogP) is 1.98. The smallest absolute Gasteiger partial charge is 0.257 e. The topological polar surface area (TPSA) is 49.0 Å². The molecule has 0 saturated carbocycles. The van der Waals surface area contributed by atoms with Gasteiger partial charge in [0.1, 0.15) is 0 Å². The molecule has 4 heteroatoms. The van der Waals surface area contributed by atoms with Crippen LogP contribution in [0.2, 0.25) is 0 Å². The van der Waals surface area contributed by atoms with E-state index in [4.69, 9.17) is 0 Å². The van der Waals surface area contributed by atoms with Crippen molar-refractivity contribution in [3.8, 4) is 0 Å². The number of hydrogen-bond donors (Lipinski definition) is 1. The zero-order valence-electron chi connectivity index (χ0n) is 9.87. The highest BCUT2D eigenvalue weighted by atomic mass is 16.2. The summed E-state index contributed by atoms with van der Waals surface area (Å²) in [6.45, 7) is 6.05. The van der Waals surface area contributed by atoms with Crippen molar-refractivity contribution < 1.29 is 4.79 Å². The molecule has 1 rings (SSSR count). The third-order valence-electron chi connectivity index (χ3n) is 2.75. The summed E-state index contributed by atoms with van der Waals surface area (Å²) in [6, 6.07) is 0.275. The summed E-state index contributed by atoms with van der Waals surface area (Å²) in [5.74, 6) is 0.0437. The molecule has 1 aromatic heterocycles. The minimum absolute atomic E-state index is 0.0437. The van der Waals surface area contributed by atoms with Crippen LogP contribution >= 0.6 is 0 Å². The Morgan fingerprint density at radius 3 is 2.80 bits per heavy atom. The fraction of sp³-hybridized carbons (Fsp3) is 0.636. The van der Waals surface area contributed by atoms with E-state index in [0.717, 1.165) is 18.5 Å². The highest BCUT2D eigenvalue weighted by Crippen LogP contribution is 2.11. The van der Waals surface area contributed by atoms with Crippen LogP contribution in [0.5, 0.6) is 0 Å². The first-order valence-electron chi connectivity index (χ1n) is 5.35. The largest absolute Gasteiger partial charge is 0.339 e. The first-order chi connectivity index (χ1) is 7.07. The monoisotopic (exact) mass is 209 g/mol. The number of hydrogen-bond acceptors (Lipinski definition) is 2. The zero-order valence-corrected chi connectivity index (χ0v) is 9.87. The van der Waals surface area contributed by atoms with Crippen LogP contribution < -0.4 is 0 Å². The van der Waals surface area contributed by atoms with Crippen LogP contribution in [0.25, 0.3) is 0 Å². The van der Waals surface area contributed by atoms with E-state index >= 15 is 0 Å². The van der Waals surface area contributed by atoms with Crippen LogP contribution in [0.1, 0.15) is 42.7 Å². The summed E-state index contributed by atoms with van der Waals surface area (Å²) in [4.78, 5) is 13.8. The maximum Gasteiger partial charge on any atom is 0.257 e. The van der Waals surface area contributed by atoms with Gasteiger partial charge in [-0.1, -0.05) is 13.3 Å². The molecule has 0 fully saturated rings. The summed E-state index contributed by atoms with van der Waals surface area (Å²) in [6.07, 6.45) is 3.70. The fourth-order valence-electron chi connectivity index (χ4n) is 1.57. The Balaban J connectivity index is 2.73. The molecule has 4 nitrogen and oxygen atoms in total. The van der Waals surface area contributed by atoms with Crippen LogP contribution in [-0.4, -0.2) is 34.1 Å². The maximum atomic E-state index is 12.0. The van der Waals surface area contributed by atoms with Gasteiger partial charge in [-0.05, 0) is 20.3 Å². The number of amides is 1. The quantitative estimate of drug-likeness (QED) is 0.824. The van der Waals surface area contributed by atoms with E-state index in [2.05, 4.69) is 24.0 Å². The molecule has 0 aliphatic heterocycles. The molecule has 0 bridgehead atoms. The summed E-state index contributed by atoms with van der Waals surface area (Å²) in [7, 11) is 1.84. The van der Waals surface area contributed by atoms with Crippen molar-refractivity contribution in [2.24, 2.45) is 0 Å². The van der Waals surface area contributed by atoms with Gasteiger partial charge in [-0.2, -0.15) is 5.10 Å². The maximum absolute atomic E-state index is 12.0. The van der Waals surface area contributed by atoms with Gasteiger partial charge in [0, 0.05) is 18.8 Å². The number of carbonyl (C=O) groups is 1. The lowest BCUT2D eigenvalue weighted by Gasteiger charge is -2.24. The number of H-pyrrole nitrogens is 1. The van der Waals surface area contributed by atoms with E-state index < -0.39 is 0 Å². The summed E-state index contributed by atoms with van der Waals surface area (Å²) in [5.41, 5.74) is 1.50. The van der Waals surface area contributed by atoms with Gasteiger partial charge in [-0.15, -0.1) is 0 Å². The molecule has 0 aromatic carbocycles. The molecule has 1 unspecified atom stereocenters. The number of nitrogens with zero attached hydrogens (tertiary/aromatic N) is 2. The minimum Gasteiger partial charge on any atom is -0.339 e. The zero-order chi connectivity index (χ0) is 11.4. The molecular formula is C11H19N3O. The number of aromatic nitrogens is 2. The molecule has 0 radical (unpaired) electrons. The highest BCUT2D eigenvalue weighted by Gasteiger charge is 2.19. The average Bonchev–Trinajstić information content (AvgIpc) is 2.62. The van der Waals surface area contributed by atoms with E-state index in [1.54, 1.807) is 11.1 Å². The van der Waals surface area contributed by atoms with E-state index in [1.165, 1.54) is 0 Å². The normalized spacial score (nSPS) is 12.5. The lowest BCUT2D eigenvalue weighted by Crippen LogP contribution is -2.35. The molecule has 1 atom stereocenters. The molecule has 15 heavy (non-hydrogen) atoms. The number of carbonyl (C=O) groups excluding carboxylic acids is 1. The first kappa shape index (κ1) is 11.8. The van der Waals surface area contributed by atoms with Crippen LogP contribution in [0.4, 0.5) is 0 Å². The lowest BCUT2D eigenvalue weighted by molar-refractivity contribution is 0.0736. The Bertz CT molecular complexity index is 332. The number of aryl methyl sites for hydroxylation is 1. The van der Waals surface area contributed by atoms with Crippen LogP contribution in [-0.2, 0) is 0 Å². The molecular weight excluding hydrogens is 190 g/mol. The molecule has 84 valence electrons. The second-order valence-electron chi connectivity index (χ2n) is 3.96. The van der Waals surface area contributed by atoms with E-state index in [1.807, 2.05) is 14.0 Å². The molecule has 1 N–H and O–H groups in total. The van der Waals surface area contributed by atoms with Gasteiger partial charge in [0.2, 0.25) is 0 Å². The van der Waals surface area contributed by atoms with Gasteiger partial charge < -0.3 is 4.90 Å². The summed E-state index contributed by atoms with van der Waals surface area (Å²) < 4.78 is 0. The molecule has 0 aliphatic rings. The van der Waals surface area contributed by atoms with Gasteiger partial charge in [0.25, 0.3) is 5.91 Å². The van der Waals surface area contributed by atoms with E-state index in [0.29, 0.717) is 5.56 Å². The molecule has 1 heterocycles. The second kappa shape index (κ2) is 4.96. The van der Waals surface area contributed by atoms with Crippen LogP contribution in [0.15, 0.2) is 6.20 Å². The van der Waals surface area contributed by atoms with Crippen molar-refractivity contribution in [3.63, 3.8) is 0 Å². The number of aromatic amines is 1. The standard InChI is InChI=1S/C11H19N3O/c1-5-6-8(2)14(4)11(15)10-7-12-13-9(10)3/h7-8H,5-6H2,1-4H3,(H,12,13). The third-order valence-corrected chi connectivity index (χ3v) is 2.75. The van der Waals surface area contributed by atoms with E-state index in [9.17, 15) is 4.79 Å². The first-order valence-corrected chi connectivity index (χ1v) is 5.35. The van der Waals surface area contributed by atoms with Gasteiger partial charge in [-0.25, -0.2) is 0 Å². The van der Waals surface area contributed by atoms with Gasteiger partial charge >= 0.3 is 0 Å². The molecule has 0 spiro atoms. The fourth-order valence-corrected chi connectivity index (χ4v) is 1.57. The molecule has 1 aromatic rings. The Hall–Kier alpha value is -1.32. The number of nitrogens with one attached hydrogen (secondary N) is 1. The molecule has 1 amide bonds. The van der Waals surface area contributed by atoms with Gasteiger partial charge in [-0.3, -0.25) is 9.89 Å². The van der Waals surface area contributed by atoms with Crippen molar-refractivity contribution in [3.05, 3.63) is 17.5 Å². The van der Waals surface area contributed by atoms with Crippen LogP contribution in [0.3, 0.4) is 0 Å². The van der Waals surface area contributed by atoms with Crippen molar-refractivity contribution in [2.45, 2.75) is 39.7 Å². The lowest BCUT2D eigenvalue weighted by atomic mass is 10.1. The Morgan fingerprint density at radius 1 is 1.67 bits per heavy atom. The van der Waals surface area contributed by atoms with Crippen LogP contribution in [0, 0.1) is 6.92 Å². The predicted molar refractivity (Wildman–Crippen MR) is 59.8 cm³/mol. The highest BCUT2D eigenvalue weighted by molar-refractivity contribution is 5.95. The van der Waals surface area contributed by atoms with Crippen molar-refractivity contribution >= 4 is 5.91 Å². The number of rotatable bonds is 4.